The first-order chi connectivity index (χ1) is 9.52. The van der Waals surface area contributed by atoms with Crippen molar-refractivity contribution in [1.29, 1.82) is 0 Å². The van der Waals surface area contributed by atoms with Gasteiger partial charge in [0.2, 0.25) is 0 Å². The smallest absolute Gasteiger partial charge is 0.251 e. The summed E-state index contributed by atoms with van der Waals surface area (Å²) in [5.41, 5.74) is 5.02. The number of carbonyl (C=O) groups is 1. The molecule has 106 valence electrons. The number of nitrogens with zero attached hydrogens (tertiary/aromatic N) is 2. The summed E-state index contributed by atoms with van der Waals surface area (Å²) in [6.07, 6.45) is 1.86. The predicted molar refractivity (Wildman–Crippen MR) is 79.8 cm³/mol. The Morgan fingerprint density at radius 1 is 1.35 bits per heavy atom. The van der Waals surface area contributed by atoms with E-state index < -0.39 is 0 Å². The van der Waals surface area contributed by atoms with Crippen molar-refractivity contribution in [1.82, 2.24) is 15.1 Å². The molecule has 20 heavy (non-hydrogen) atoms. The van der Waals surface area contributed by atoms with Crippen LogP contribution >= 0.6 is 0 Å². The normalized spacial score (nSPS) is 10.4. The van der Waals surface area contributed by atoms with E-state index in [2.05, 4.69) is 15.7 Å². The maximum absolute atomic E-state index is 11.7. The summed E-state index contributed by atoms with van der Waals surface area (Å²) in [5, 5.41) is 10.2. The summed E-state index contributed by atoms with van der Waals surface area (Å²) >= 11 is 0. The highest BCUT2D eigenvalue weighted by atomic mass is 16.1. The lowest BCUT2D eigenvalue weighted by Gasteiger charge is -2.11. The SMILES string of the molecule is CNC(=O)c1ccc(C)c(NCc2cnn(C)c2C)c1. The number of nitrogens with one attached hydrogen (secondary N) is 2. The molecule has 0 radical (unpaired) electrons. The lowest BCUT2D eigenvalue weighted by molar-refractivity contribution is 0.0963. The number of hydrogen-bond donors (Lipinski definition) is 2. The summed E-state index contributed by atoms with van der Waals surface area (Å²) < 4.78 is 1.85. The highest BCUT2D eigenvalue weighted by Gasteiger charge is 2.08. The lowest BCUT2D eigenvalue weighted by atomic mass is 10.1. The van der Waals surface area contributed by atoms with Gasteiger partial charge in [-0.15, -0.1) is 0 Å². The average Bonchev–Trinajstić information content (AvgIpc) is 2.77. The van der Waals surface area contributed by atoms with Crippen LogP contribution in [0.2, 0.25) is 0 Å². The van der Waals surface area contributed by atoms with E-state index in [0.717, 1.165) is 22.5 Å². The molecule has 1 aromatic carbocycles. The molecule has 2 aromatic rings. The minimum atomic E-state index is -0.0781. The topological polar surface area (TPSA) is 59.0 Å². The van der Waals surface area contributed by atoms with E-state index in [1.807, 2.05) is 50.0 Å². The van der Waals surface area contributed by atoms with Crippen LogP contribution in [-0.4, -0.2) is 22.7 Å². The predicted octanol–water partition coefficient (Wildman–Crippen LogP) is 2.01. The zero-order valence-electron chi connectivity index (χ0n) is 12.3. The number of benzene rings is 1. The summed E-state index contributed by atoms with van der Waals surface area (Å²) in [4.78, 5) is 11.7. The Labute approximate surface area is 119 Å². The van der Waals surface area contributed by atoms with Gasteiger partial charge in [-0.25, -0.2) is 0 Å². The fraction of sp³-hybridized carbons (Fsp3) is 0.333. The van der Waals surface area contributed by atoms with Crippen molar-refractivity contribution in [2.75, 3.05) is 12.4 Å². The van der Waals surface area contributed by atoms with Gasteiger partial charge in [0, 0.05) is 43.1 Å². The van der Waals surface area contributed by atoms with Gasteiger partial charge in [0.15, 0.2) is 0 Å². The van der Waals surface area contributed by atoms with Crippen LogP contribution < -0.4 is 10.6 Å². The Balaban J connectivity index is 2.16. The van der Waals surface area contributed by atoms with Crippen LogP contribution in [0.1, 0.15) is 27.2 Å². The van der Waals surface area contributed by atoms with Crippen LogP contribution in [0.25, 0.3) is 0 Å². The molecule has 1 amide bonds. The number of anilines is 1. The second-order valence-corrected chi connectivity index (χ2v) is 4.84. The molecule has 5 nitrogen and oxygen atoms in total. The van der Waals surface area contributed by atoms with Gasteiger partial charge in [-0.1, -0.05) is 6.07 Å². The van der Waals surface area contributed by atoms with Crippen molar-refractivity contribution < 1.29 is 4.79 Å². The molecule has 0 unspecified atom stereocenters. The monoisotopic (exact) mass is 272 g/mol. The molecule has 2 N–H and O–H groups in total. The minimum Gasteiger partial charge on any atom is -0.381 e. The third-order valence-corrected chi connectivity index (χ3v) is 3.53. The van der Waals surface area contributed by atoms with Crippen molar-refractivity contribution >= 4 is 11.6 Å². The number of amides is 1. The van der Waals surface area contributed by atoms with E-state index in [-0.39, 0.29) is 5.91 Å². The van der Waals surface area contributed by atoms with E-state index in [1.54, 1.807) is 7.05 Å². The standard InChI is InChI=1S/C15H20N4O/c1-10-5-6-12(15(20)16-3)7-14(10)17-8-13-9-18-19(4)11(13)2/h5-7,9,17H,8H2,1-4H3,(H,16,20). The molecule has 0 aliphatic heterocycles. The lowest BCUT2D eigenvalue weighted by Crippen LogP contribution is -2.18. The third-order valence-electron chi connectivity index (χ3n) is 3.53. The zero-order chi connectivity index (χ0) is 14.7. The van der Waals surface area contributed by atoms with Gasteiger partial charge in [-0.2, -0.15) is 5.10 Å². The fourth-order valence-corrected chi connectivity index (χ4v) is 2.01. The zero-order valence-corrected chi connectivity index (χ0v) is 12.3. The van der Waals surface area contributed by atoms with Crippen LogP contribution in [0.4, 0.5) is 5.69 Å². The van der Waals surface area contributed by atoms with Crippen molar-refractivity contribution in [3.05, 3.63) is 46.8 Å². The quantitative estimate of drug-likeness (QED) is 0.895. The number of rotatable bonds is 4. The Kier molecular flexibility index (Phi) is 4.08. The van der Waals surface area contributed by atoms with Gasteiger partial charge in [-0.3, -0.25) is 9.48 Å². The molecule has 0 aliphatic rings. The molecule has 0 bridgehead atoms. The molecule has 1 aromatic heterocycles. The Hall–Kier alpha value is -2.30. The first kappa shape index (κ1) is 14.1. The van der Waals surface area contributed by atoms with Gasteiger partial charge in [0.25, 0.3) is 5.91 Å². The van der Waals surface area contributed by atoms with Crippen molar-refractivity contribution in [3.63, 3.8) is 0 Å². The van der Waals surface area contributed by atoms with E-state index in [9.17, 15) is 4.79 Å². The van der Waals surface area contributed by atoms with Crippen LogP contribution in [0.5, 0.6) is 0 Å². The van der Waals surface area contributed by atoms with E-state index in [0.29, 0.717) is 12.1 Å². The molecule has 5 heteroatoms. The molecule has 2 rings (SSSR count). The van der Waals surface area contributed by atoms with Gasteiger partial charge in [-0.05, 0) is 31.5 Å². The van der Waals surface area contributed by atoms with Gasteiger partial charge in [0.05, 0.1) is 6.20 Å². The van der Waals surface area contributed by atoms with E-state index in [1.165, 1.54) is 0 Å². The Morgan fingerprint density at radius 2 is 2.10 bits per heavy atom. The van der Waals surface area contributed by atoms with Crippen LogP contribution in [-0.2, 0) is 13.6 Å². The van der Waals surface area contributed by atoms with Gasteiger partial charge in [0.1, 0.15) is 0 Å². The average molecular weight is 272 g/mol. The highest BCUT2D eigenvalue weighted by molar-refractivity contribution is 5.95. The summed E-state index contributed by atoms with van der Waals surface area (Å²) in [7, 11) is 3.56. The molecule has 0 fully saturated rings. The molecule has 0 spiro atoms. The van der Waals surface area contributed by atoms with Gasteiger partial charge >= 0.3 is 0 Å². The van der Waals surface area contributed by atoms with Gasteiger partial charge < -0.3 is 10.6 Å². The largest absolute Gasteiger partial charge is 0.381 e. The fourth-order valence-electron chi connectivity index (χ4n) is 2.01. The number of hydrogen-bond acceptors (Lipinski definition) is 3. The molecule has 1 heterocycles. The summed E-state index contributed by atoms with van der Waals surface area (Å²) in [6.45, 7) is 4.75. The van der Waals surface area contributed by atoms with E-state index >= 15 is 0 Å². The molecular weight excluding hydrogens is 252 g/mol. The van der Waals surface area contributed by atoms with Crippen molar-refractivity contribution in [2.24, 2.45) is 7.05 Å². The molecular formula is C15H20N4O. The number of aromatic nitrogens is 2. The molecule has 0 aliphatic carbocycles. The maximum Gasteiger partial charge on any atom is 0.251 e. The second-order valence-electron chi connectivity index (χ2n) is 4.84. The van der Waals surface area contributed by atoms with Crippen molar-refractivity contribution in [2.45, 2.75) is 20.4 Å². The number of aryl methyl sites for hydroxylation is 2. The molecule has 0 saturated carbocycles. The number of carbonyl (C=O) groups excluding carboxylic acids is 1. The van der Waals surface area contributed by atoms with Crippen LogP contribution in [0.3, 0.4) is 0 Å². The maximum atomic E-state index is 11.7. The Bertz CT molecular complexity index is 631. The Morgan fingerprint density at radius 3 is 2.70 bits per heavy atom. The van der Waals surface area contributed by atoms with Crippen LogP contribution in [0.15, 0.2) is 24.4 Å². The molecule has 0 atom stereocenters. The third kappa shape index (κ3) is 2.82. The first-order valence-electron chi connectivity index (χ1n) is 6.57. The van der Waals surface area contributed by atoms with Crippen LogP contribution in [0, 0.1) is 13.8 Å². The minimum absolute atomic E-state index is 0.0781. The van der Waals surface area contributed by atoms with E-state index in [4.69, 9.17) is 0 Å². The first-order valence-corrected chi connectivity index (χ1v) is 6.57. The van der Waals surface area contributed by atoms with Crippen molar-refractivity contribution in [3.8, 4) is 0 Å². The molecule has 0 saturated heterocycles. The summed E-state index contributed by atoms with van der Waals surface area (Å²) in [6, 6.07) is 5.65. The summed E-state index contributed by atoms with van der Waals surface area (Å²) in [5.74, 6) is -0.0781. The highest BCUT2D eigenvalue weighted by Crippen LogP contribution is 2.18. The second kappa shape index (κ2) is 5.77.